The number of hydrogen-bond acceptors (Lipinski definition) is 5. The minimum Gasteiger partial charge on any atom is -0.342 e. The summed E-state index contributed by atoms with van der Waals surface area (Å²) in [4.78, 5) is 29.6. The number of aryl methyl sites for hydroxylation is 4. The molecule has 1 amide bonds. The Morgan fingerprint density at radius 1 is 1.06 bits per heavy atom. The first-order valence-corrected chi connectivity index (χ1v) is 12.3. The van der Waals surface area contributed by atoms with Crippen molar-refractivity contribution in [3.05, 3.63) is 76.9 Å². The van der Waals surface area contributed by atoms with E-state index in [9.17, 15) is 4.79 Å². The molecule has 0 aliphatic heterocycles. The highest BCUT2D eigenvalue weighted by molar-refractivity contribution is 7.98. The van der Waals surface area contributed by atoms with Crippen LogP contribution in [0.5, 0.6) is 0 Å². The van der Waals surface area contributed by atoms with Crippen LogP contribution in [0.4, 0.5) is 5.69 Å². The summed E-state index contributed by atoms with van der Waals surface area (Å²) < 4.78 is 1.74. The first kappa shape index (κ1) is 22.2. The van der Waals surface area contributed by atoms with Gasteiger partial charge < -0.3 is 9.88 Å². The molecule has 1 N–H and O–H groups in total. The predicted octanol–water partition coefficient (Wildman–Crippen LogP) is 5.34. The second kappa shape index (κ2) is 8.61. The number of hydrogen-bond donors (Lipinski definition) is 1. The molecule has 5 rings (SSSR count). The van der Waals surface area contributed by atoms with Crippen LogP contribution in [0, 0.1) is 20.8 Å². The Balaban J connectivity index is 1.65. The summed E-state index contributed by atoms with van der Waals surface area (Å²) in [6.07, 6.45) is 2.06. The molecule has 0 saturated carbocycles. The number of aromatic amines is 1. The van der Waals surface area contributed by atoms with Gasteiger partial charge in [0, 0.05) is 23.3 Å². The molecular weight excluding hydrogens is 444 g/mol. The number of benzene rings is 2. The van der Waals surface area contributed by atoms with Gasteiger partial charge in [-0.15, -0.1) is 11.8 Å². The Bertz CT molecular complexity index is 1530. The predicted molar refractivity (Wildman–Crippen MR) is 138 cm³/mol. The molecule has 0 bridgehead atoms. The summed E-state index contributed by atoms with van der Waals surface area (Å²) in [5.74, 6) is 0.756. The lowest BCUT2D eigenvalue weighted by Crippen LogP contribution is -2.30. The highest BCUT2D eigenvalue weighted by Crippen LogP contribution is 2.29. The van der Waals surface area contributed by atoms with Crippen molar-refractivity contribution in [1.82, 2.24) is 24.7 Å². The minimum absolute atomic E-state index is 0.0869. The average molecular weight is 471 g/mol. The van der Waals surface area contributed by atoms with Crippen molar-refractivity contribution in [2.45, 2.75) is 32.2 Å². The van der Waals surface area contributed by atoms with E-state index in [-0.39, 0.29) is 5.91 Å². The molecule has 172 valence electrons. The van der Waals surface area contributed by atoms with Crippen LogP contribution in [-0.4, -0.2) is 36.9 Å². The fourth-order valence-corrected chi connectivity index (χ4v) is 4.78. The molecule has 34 heavy (non-hydrogen) atoms. The van der Waals surface area contributed by atoms with Crippen molar-refractivity contribution < 1.29 is 4.79 Å². The first-order chi connectivity index (χ1) is 16.3. The average Bonchev–Trinajstić information content (AvgIpc) is 3.34. The van der Waals surface area contributed by atoms with E-state index in [1.54, 1.807) is 16.4 Å². The molecule has 3 aromatic heterocycles. The number of carbonyl (C=O) groups excluding carboxylic acids is 1. The van der Waals surface area contributed by atoms with Gasteiger partial charge in [0.2, 0.25) is 0 Å². The summed E-state index contributed by atoms with van der Waals surface area (Å²) in [6, 6.07) is 16.1. The number of imidazole rings is 1. The van der Waals surface area contributed by atoms with Crippen molar-refractivity contribution in [3.8, 4) is 0 Å². The molecule has 2 aromatic carbocycles. The lowest BCUT2D eigenvalue weighted by Gasteiger charge is -2.24. The van der Waals surface area contributed by atoms with Crippen molar-refractivity contribution in [2.24, 2.45) is 7.05 Å². The Morgan fingerprint density at radius 3 is 2.56 bits per heavy atom. The molecule has 8 heteroatoms. The smallest absolute Gasteiger partial charge is 0.259 e. The molecule has 0 saturated heterocycles. The summed E-state index contributed by atoms with van der Waals surface area (Å²) in [6.45, 7) is 6.19. The van der Waals surface area contributed by atoms with Crippen molar-refractivity contribution >= 4 is 45.4 Å². The van der Waals surface area contributed by atoms with E-state index < -0.39 is 0 Å². The number of rotatable bonds is 5. The Labute approximate surface area is 202 Å². The molecular formula is C26H26N6OS. The summed E-state index contributed by atoms with van der Waals surface area (Å²) >= 11 is 1.70. The number of fused-ring (bicyclic) bond motifs is 2. The van der Waals surface area contributed by atoms with Crippen LogP contribution >= 0.6 is 11.8 Å². The first-order valence-electron chi connectivity index (χ1n) is 11.1. The van der Waals surface area contributed by atoms with E-state index in [0.29, 0.717) is 17.8 Å². The molecule has 0 fully saturated rings. The minimum atomic E-state index is -0.0869. The van der Waals surface area contributed by atoms with Crippen molar-refractivity contribution in [1.29, 1.82) is 0 Å². The number of thioether (sulfide) groups is 1. The van der Waals surface area contributed by atoms with Crippen molar-refractivity contribution in [3.63, 3.8) is 0 Å². The lowest BCUT2D eigenvalue weighted by molar-refractivity contribution is 0.0986. The fraction of sp³-hybridized carbons (Fsp3) is 0.231. The number of carbonyl (C=O) groups is 1. The largest absolute Gasteiger partial charge is 0.342 e. The van der Waals surface area contributed by atoms with Gasteiger partial charge in [0.05, 0.1) is 34.2 Å². The normalized spacial score (nSPS) is 11.4. The molecule has 7 nitrogen and oxygen atoms in total. The number of H-pyrrole nitrogens is 1. The van der Waals surface area contributed by atoms with Gasteiger partial charge in [-0.25, -0.2) is 9.97 Å². The quantitative estimate of drug-likeness (QED) is 0.351. The monoisotopic (exact) mass is 470 g/mol. The van der Waals surface area contributed by atoms with Crippen LogP contribution in [0.1, 0.15) is 33.1 Å². The maximum atomic E-state index is 14.2. The van der Waals surface area contributed by atoms with Crippen LogP contribution in [0.3, 0.4) is 0 Å². The van der Waals surface area contributed by atoms with Gasteiger partial charge in [-0.2, -0.15) is 5.10 Å². The zero-order valence-corrected chi connectivity index (χ0v) is 20.7. The molecule has 0 unspecified atom stereocenters. The molecule has 0 radical (unpaired) electrons. The number of nitrogens with zero attached hydrogens (tertiary/aromatic N) is 5. The van der Waals surface area contributed by atoms with Gasteiger partial charge in [0.25, 0.3) is 5.91 Å². The van der Waals surface area contributed by atoms with Gasteiger partial charge in [0.1, 0.15) is 5.82 Å². The number of anilines is 1. The zero-order chi connectivity index (χ0) is 24.0. The van der Waals surface area contributed by atoms with Crippen molar-refractivity contribution in [2.75, 3.05) is 11.2 Å². The topological polar surface area (TPSA) is 79.7 Å². The van der Waals surface area contributed by atoms with Crippen LogP contribution in [-0.2, 0) is 13.6 Å². The van der Waals surface area contributed by atoms with Crippen LogP contribution in [0.25, 0.3) is 22.1 Å². The van der Waals surface area contributed by atoms with Crippen LogP contribution < -0.4 is 4.90 Å². The Hall–Kier alpha value is -3.65. The Morgan fingerprint density at radius 2 is 1.82 bits per heavy atom. The number of pyridine rings is 1. The lowest BCUT2D eigenvalue weighted by atomic mass is 10.1. The van der Waals surface area contributed by atoms with E-state index in [0.717, 1.165) is 44.9 Å². The second-order valence-electron chi connectivity index (χ2n) is 8.48. The summed E-state index contributed by atoms with van der Waals surface area (Å²) in [5.41, 5.74) is 6.53. The third-order valence-corrected chi connectivity index (χ3v) is 6.71. The number of aromatic nitrogens is 5. The SMILES string of the molecule is CSc1ccc(CN(C(=O)c2cc(C)nc3c2c(C)nn3C)c2ccc3nc(C)[nH]c3c2)cc1. The third kappa shape index (κ3) is 3.94. The second-order valence-corrected chi connectivity index (χ2v) is 9.36. The van der Waals surface area contributed by atoms with E-state index in [4.69, 9.17) is 0 Å². The summed E-state index contributed by atoms with van der Waals surface area (Å²) in [5, 5.41) is 5.31. The van der Waals surface area contributed by atoms with Crippen LogP contribution in [0.15, 0.2) is 53.4 Å². The highest BCUT2D eigenvalue weighted by Gasteiger charge is 2.24. The molecule has 0 aliphatic carbocycles. The standard InChI is InChI=1S/C26H26N6OS/c1-15-12-21(24-16(2)30-31(4)25(24)27-15)26(33)32(14-18-6-9-20(34-5)10-7-18)19-8-11-22-23(13-19)29-17(3)28-22/h6-13H,14H2,1-5H3,(H,28,29). The molecule has 0 spiro atoms. The van der Waals surface area contributed by atoms with E-state index in [1.807, 2.05) is 57.0 Å². The molecule has 0 atom stereocenters. The van der Waals surface area contributed by atoms with E-state index in [1.165, 1.54) is 4.90 Å². The van der Waals surface area contributed by atoms with Crippen LogP contribution in [0.2, 0.25) is 0 Å². The van der Waals surface area contributed by atoms with E-state index >= 15 is 0 Å². The molecule has 5 aromatic rings. The summed E-state index contributed by atoms with van der Waals surface area (Å²) in [7, 11) is 1.86. The molecule has 0 aliphatic rings. The van der Waals surface area contributed by atoms with Gasteiger partial charge in [-0.3, -0.25) is 9.48 Å². The maximum Gasteiger partial charge on any atom is 0.259 e. The zero-order valence-electron chi connectivity index (χ0n) is 19.9. The fourth-order valence-electron chi connectivity index (χ4n) is 4.37. The Kier molecular flexibility index (Phi) is 5.61. The van der Waals surface area contributed by atoms with Gasteiger partial charge in [0.15, 0.2) is 5.65 Å². The molecule has 3 heterocycles. The van der Waals surface area contributed by atoms with Gasteiger partial charge in [-0.1, -0.05) is 12.1 Å². The van der Waals surface area contributed by atoms with Gasteiger partial charge in [-0.05, 0) is 69.0 Å². The number of nitrogens with one attached hydrogen (secondary N) is 1. The number of amides is 1. The van der Waals surface area contributed by atoms with E-state index in [2.05, 4.69) is 50.6 Å². The van der Waals surface area contributed by atoms with Gasteiger partial charge >= 0.3 is 0 Å². The maximum absolute atomic E-state index is 14.2. The highest BCUT2D eigenvalue weighted by atomic mass is 32.2. The third-order valence-electron chi connectivity index (χ3n) is 5.97.